The lowest BCUT2D eigenvalue weighted by Crippen LogP contribution is -2.43. The maximum Gasteiger partial charge on any atom is 0.161 e. The Hall–Kier alpha value is -1.26. The van der Waals surface area contributed by atoms with E-state index in [1.165, 1.54) is 24.9 Å². The van der Waals surface area contributed by atoms with E-state index in [9.17, 15) is 0 Å². The Morgan fingerprint density at radius 2 is 2.20 bits per heavy atom. The van der Waals surface area contributed by atoms with Crippen molar-refractivity contribution >= 4 is 0 Å². The molecule has 1 aromatic rings. The number of ether oxygens (including phenoxy) is 2. The van der Waals surface area contributed by atoms with Gasteiger partial charge >= 0.3 is 0 Å². The molecule has 1 aromatic carbocycles. The minimum absolute atomic E-state index is 0.589. The molecule has 4 heteroatoms. The predicted molar refractivity (Wildman–Crippen MR) is 81.5 cm³/mol. The van der Waals surface area contributed by atoms with E-state index in [2.05, 4.69) is 29.4 Å². The second-order valence-electron chi connectivity index (χ2n) is 5.40. The van der Waals surface area contributed by atoms with Gasteiger partial charge in [-0.3, -0.25) is 0 Å². The van der Waals surface area contributed by atoms with Gasteiger partial charge in [0.2, 0.25) is 0 Å². The summed E-state index contributed by atoms with van der Waals surface area (Å²) in [6, 6.07) is 6.75. The van der Waals surface area contributed by atoms with E-state index in [1.807, 2.05) is 13.0 Å². The van der Waals surface area contributed by atoms with Gasteiger partial charge in [0.15, 0.2) is 11.5 Å². The summed E-state index contributed by atoms with van der Waals surface area (Å²) in [4.78, 5) is 2.39. The molecule has 1 aliphatic heterocycles. The van der Waals surface area contributed by atoms with Crippen LogP contribution in [-0.4, -0.2) is 44.8 Å². The molecule has 0 spiro atoms. The molecule has 0 bridgehead atoms. The maximum atomic E-state index is 5.54. The van der Waals surface area contributed by atoms with E-state index in [4.69, 9.17) is 9.47 Å². The molecule has 1 unspecified atom stereocenters. The molecule has 20 heavy (non-hydrogen) atoms. The number of methoxy groups -OCH3 is 1. The standard InChI is InChI=1S/C16H26N2O2/c1-4-20-15-8-7-13(10-16(15)19-3)11-17-14-6-5-9-18(2)12-14/h7-8,10,14,17H,4-6,9,11-12H2,1-3H3. The Morgan fingerprint density at radius 3 is 2.90 bits per heavy atom. The first-order valence-electron chi connectivity index (χ1n) is 7.44. The van der Waals surface area contributed by atoms with Crippen LogP contribution in [0.4, 0.5) is 0 Å². The van der Waals surface area contributed by atoms with Gasteiger partial charge in [-0.1, -0.05) is 6.07 Å². The van der Waals surface area contributed by atoms with Gasteiger partial charge in [0.1, 0.15) is 0 Å². The van der Waals surface area contributed by atoms with Crippen molar-refractivity contribution < 1.29 is 9.47 Å². The molecule has 1 atom stereocenters. The van der Waals surface area contributed by atoms with Crippen molar-refractivity contribution in [2.24, 2.45) is 0 Å². The normalized spacial score (nSPS) is 19.9. The minimum atomic E-state index is 0.589. The highest BCUT2D eigenvalue weighted by Crippen LogP contribution is 2.28. The summed E-state index contributed by atoms with van der Waals surface area (Å²) in [7, 11) is 3.87. The summed E-state index contributed by atoms with van der Waals surface area (Å²) in [5.74, 6) is 1.63. The molecule has 0 aromatic heterocycles. The average Bonchev–Trinajstić information content (AvgIpc) is 2.46. The Kier molecular flexibility index (Phi) is 5.68. The van der Waals surface area contributed by atoms with Crippen LogP contribution in [-0.2, 0) is 6.54 Å². The number of rotatable bonds is 6. The van der Waals surface area contributed by atoms with Crippen molar-refractivity contribution in [3.05, 3.63) is 23.8 Å². The van der Waals surface area contributed by atoms with E-state index in [-0.39, 0.29) is 0 Å². The zero-order valence-corrected chi connectivity index (χ0v) is 12.8. The monoisotopic (exact) mass is 278 g/mol. The van der Waals surface area contributed by atoms with Gasteiger partial charge in [-0.2, -0.15) is 0 Å². The van der Waals surface area contributed by atoms with Crippen molar-refractivity contribution in [2.75, 3.05) is 33.9 Å². The van der Waals surface area contributed by atoms with Crippen molar-refractivity contribution in [1.29, 1.82) is 0 Å². The van der Waals surface area contributed by atoms with E-state index in [0.717, 1.165) is 24.6 Å². The first kappa shape index (κ1) is 15.1. The van der Waals surface area contributed by atoms with E-state index >= 15 is 0 Å². The first-order valence-corrected chi connectivity index (χ1v) is 7.44. The van der Waals surface area contributed by atoms with E-state index < -0.39 is 0 Å². The van der Waals surface area contributed by atoms with Gasteiger partial charge in [-0.15, -0.1) is 0 Å². The van der Waals surface area contributed by atoms with Crippen LogP contribution in [0.1, 0.15) is 25.3 Å². The van der Waals surface area contributed by atoms with Crippen LogP contribution in [0.25, 0.3) is 0 Å². The number of nitrogens with zero attached hydrogens (tertiary/aromatic N) is 1. The van der Waals surface area contributed by atoms with Crippen LogP contribution in [0.3, 0.4) is 0 Å². The summed E-state index contributed by atoms with van der Waals surface area (Å²) in [5, 5.41) is 3.63. The smallest absolute Gasteiger partial charge is 0.161 e. The van der Waals surface area contributed by atoms with Crippen molar-refractivity contribution in [3.8, 4) is 11.5 Å². The summed E-state index contributed by atoms with van der Waals surface area (Å²) >= 11 is 0. The second kappa shape index (κ2) is 7.50. The largest absolute Gasteiger partial charge is 0.493 e. The third kappa shape index (κ3) is 4.12. The van der Waals surface area contributed by atoms with Gasteiger partial charge in [-0.05, 0) is 51.1 Å². The Balaban J connectivity index is 1.92. The fraction of sp³-hybridized carbons (Fsp3) is 0.625. The number of benzene rings is 1. The van der Waals surface area contributed by atoms with Gasteiger partial charge in [-0.25, -0.2) is 0 Å². The molecule has 1 fully saturated rings. The number of hydrogen-bond acceptors (Lipinski definition) is 4. The molecule has 1 aliphatic rings. The molecule has 1 N–H and O–H groups in total. The molecule has 0 saturated carbocycles. The zero-order chi connectivity index (χ0) is 14.4. The average molecular weight is 278 g/mol. The number of likely N-dealkylation sites (N-methyl/N-ethyl adjacent to an activating group) is 1. The molecule has 1 saturated heterocycles. The first-order chi connectivity index (χ1) is 9.72. The molecular formula is C16H26N2O2. The van der Waals surface area contributed by atoms with Crippen molar-refractivity contribution in [1.82, 2.24) is 10.2 Å². The number of hydrogen-bond donors (Lipinski definition) is 1. The highest BCUT2D eigenvalue weighted by atomic mass is 16.5. The second-order valence-corrected chi connectivity index (χ2v) is 5.40. The minimum Gasteiger partial charge on any atom is -0.493 e. The number of piperidine rings is 1. The topological polar surface area (TPSA) is 33.7 Å². The Labute approximate surface area is 122 Å². The lowest BCUT2D eigenvalue weighted by molar-refractivity contribution is 0.226. The number of nitrogens with one attached hydrogen (secondary N) is 1. The van der Waals surface area contributed by atoms with Crippen LogP contribution >= 0.6 is 0 Å². The van der Waals surface area contributed by atoms with Gasteiger partial charge in [0, 0.05) is 19.1 Å². The summed E-state index contributed by atoms with van der Waals surface area (Å²) < 4.78 is 10.9. The third-order valence-corrected chi connectivity index (χ3v) is 3.75. The van der Waals surface area contributed by atoms with Crippen molar-refractivity contribution in [3.63, 3.8) is 0 Å². The molecular weight excluding hydrogens is 252 g/mol. The zero-order valence-electron chi connectivity index (χ0n) is 12.8. The van der Waals surface area contributed by atoms with Crippen LogP contribution < -0.4 is 14.8 Å². The van der Waals surface area contributed by atoms with E-state index in [1.54, 1.807) is 7.11 Å². The molecule has 0 radical (unpaired) electrons. The lowest BCUT2D eigenvalue weighted by atomic mass is 10.1. The highest BCUT2D eigenvalue weighted by Gasteiger charge is 2.16. The van der Waals surface area contributed by atoms with Crippen LogP contribution in [0.15, 0.2) is 18.2 Å². The molecule has 2 rings (SSSR count). The Bertz CT molecular complexity index is 423. The summed E-state index contributed by atoms with van der Waals surface area (Å²) in [6.45, 7) is 5.86. The quantitative estimate of drug-likeness (QED) is 0.865. The highest BCUT2D eigenvalue weighted by molar-refractivity contribution is 5.42. The fourth-order valence-corrected chi connectivity index (χ4v) is 2.69. The third-order valence-electron chi connectivity index (χ3n) is 3.75. The van der Waals surface area contributed by atoms with Crippen LogP contribution in [0, 0.1) is 0 Å². The molecule has 4 nitrogen and oxygen atoms in total. The fourth-order valence-electron chi connectivity index (χ4n) is 2.69. The molecule has 0 amide bonds. The van der Waals surface area contributed by atoms with Gasteiger partial charge < -0.3 is 19.7 Å². The SMILES string of the molecule is CCOc1ccc(CNC2CCCN(C)C2)cc1OC. The maximum absolute atomic E-state index is 5.54. The molecule has 0 aliphatic carbocycles. The number of likely N-dealkylation sites (tertiary alicyclic amines) is 1. The van der Waals surface area contributed by atoms with Crippen LogP contribution in [0.2, 0.25) is 0 Å². The lowest BCUT2D eigenvalue weighted by Gasteiger charge is -2.30. The van der Waals surface area contributed by atoms with Gasteiger partial charge in [0.25, 0.3) is 0 Å². The molecule has 1 heterocycles. The summed E-state index contributed by atoms with van der Waals surface area (Å²) in [5.41, 5.74) is 1.23. The Morgan fingerprint density at radius 1 is 1.35 bits per heavy atom. The summed E-state index contributed by atoms with van der Waals surface area (Å²) in [6.07, 6.45) is 2.54. The van der Waals surface area contributed by atoms with Crippen LogP contribution in [0.5, 0.6) is 11.5 Å². The van der Waals surface area contributed by atoms with Gasteiger partial charge in [0.05, 0.1) is 13.7 Å². The predicted octanol–water partition coefficient (Wildman–Crippen LogP) is 2.28. The van der Waals surface area contributed by atoms with E-state index in [0.29, 0.717) is 12.6 Å². The molecule has 112 valence electrons. The van der Waals surface area contributed by atoms with Crippen molar-refractivity contribution in [2.45, 2.75) is 32.4 Å².